The number of rotatable bonds is 7. The molecule has 1 aromatic heterocycles. The number of carbonyl (C=O) groups excluding carboxylic acids is 1. The first-order valence-corrected chi connectivity index (χ1v) is 13.0. The van der Waals surface area contributed by atoms with Gasteiger partial charge in [0.1, 0.15) is 5.82 Å². The van der Waals surface area contributed by atoms with Crippen LogP contribution >= 0.6 is 0 Å². The summed E-state index contributed by atoms with van der Waals surface area (Å²) in [6.07, 6.45) is -2.43. The van der Waals surface area contributed by atoms with Crippen LogP contribution in [0.2, 0.25) is 0 Å². The van der Waals surface area contributed by atoms with E-state index in [2.05, 4.69) is 5.32 Å². The first kappa shape index (κ1) is 29.1. The number of aromatic nitrogens is 1. The van der Waals surface area contributed by atoms with E-state index in [1.54, 1.807) is 42.1 Å². The highest BCUT2D eigenvalue weighted by Crippen LogP contribution is 2.34. The first-order chi connectivity index (χ1) is 20.4. The third kappa shape index (κ3) is 6.26. The summed E-state index contributed by atoms with van der Waals surface area (Å²) >= 11 is 0. The van der Waals surface area contributed by atoms with Crippen LogP contribution in [-0.4, -0.2) is 21.6 Å². The molecular formula is C33H23F4N3O3. The molecule has 216 valence electrons. The Kier molecular flexibility index (Phi) is 7.74. The average molecular weight is 586 g/mol. The zero-order chi connectivity index (χ0) is 30.9. The molecule has 0 saturated carbocycles. The topological polar surface area (TPSA) is 95.1 Å². The van der Waals surface area contributed by atoms with Gasteiger partial charge >= 0.3 is 12.1 Å². The van der Waals surface area contributed by atoms with Crippen molar-refractivity contribution in [2.24, 2.45) is 7.05 Å². The molecule has 4 aromatic carbocycles. The Labute approximate surface area is 243 Å². The summed E-state index contributed by atoms with van der Waals surface area (Å²) in [5.41, 5.74) is 3.17. The molecule has 6 nitrogen and oxygen atoms in total. The normalized spacial score (nSPS) is 11.3. The number of fused-ring (bicyclic) bond motifs is 1. The van der Waals surface area contributed by atoms with Crippen molar-refractivity contribution in [1.29, 1.82) is 5.26 Å². The van der Waals surface area contributed by atoms with Gasteiger partial charge in [-0.1, -0.05) is 24.3 Å². The standard InChI is InChI=1S/C33H23F4N3O3/c1-40-18-25(10-19-4-8-26(9-5-19)33(35,36)37)30-28(31(41)39-17-20-2-6-22(7-3-20)32(42)43)14-24(15-29(30)40)23-11-21(16-38)12-27(34)13-23/h2-9,11-15,18H,10,17H2,1H3,(H,39,41)(H,42,43). The Morgan fingerprint density at radius 1 is 0.930 bits per heavy atom. The maximum atomic E-state index is 14.3. The third-order valence-corrected chi connectivity index (χ3v) is 7.10. The summed E-state index contributed by atoms with van der Waals surface area (Å²) in [4.78, 5) is 24.8. The maximum Gasteiger partial charge on any atom is 0.416 e. The lowest BCUT2D eigenvalue weighted by atomic mass is 9.95. The molecule has 1 heterocycles. The second-order valence-electron chi connectivity index (χ2n) is 10.1. The smallest absolute Gasteiger partial charge is 0.416 e. The van der Waals surface area contributed by atoms with Crippen LogP contribution in [0.5, 0.6) is 0 Å². The minimum Gasteiger partial charge on any atom is -0.478 e. The number of hydrogen-bond acceptors (Lipinski definition) is 3. The molecule has 0 saturated heterocycles. The van der Waals surface area contributed by atoms with Crippen LogP contribution in [-0.2, 0) is 26.2 Å². The van der Waals surface area contributed by atoms with Crippen LogP contribution in [0.4, 0.5) is 17.6 Å². The number of hydrogen-bond donors (Lipinski definition) is 2. The van der Waals surface area contributed by atoms with Crippen molar-refractivity contribution in [2.75, 3.05) is 0 Å². The zero-order valence-corrected chi connectivity index (χ0v) is 22.7. The van der Waals surface area contributed by atoms with Crippen LogP contribution in [0, 0.1) is 17.1 Å². The van der Waals surface area contributed by atoms with Gasteiger partial charge in [0.25, 0.3) is 5.91 Å². The highest BCUT2D eigenvalue weighted by atomic mass is 19.4. The fourth-order valence-electron chi connectivity index (χ4n) is 4.99. The molecule has 5 rings (SSSR count). The molecular weight excluding hydrogens is 562 g/mol. The number of carboxylic acids is 1. The van der Waals surface area contributed by atoms with Crippen molar-refractivity contribution in [3.05, 3.63) is 130 Å². The molecule has 10 heteroatoms. The molecule has 1 amide bonds. The van der Waals surface area contributed by atoms with Crippen LogP contribution in [0.1, 0.15) is 48.5 Å². The van der Waals surface area contributed by atoms with E-state index in [9.17, 15) is 32.4 Å². The van der Waals surface area contributed by atoms with Crippen molar-refractivity contribution >= 4 is 22.8 Å². The number of carbonyl (C=O) groups is 2. The molecule has 43 heavy (non-hydrogen) atoms. The second kappa shape index (κ2) is 11.4. The van der Waals surface area contributed by atoms with Crippen LogP contribution in [0.15, 0.2) is 85.1 Å². The molecule has 0 unspecified atom stereocenters. The number of alkyl halides is 3. The van der Waals surface area contributed by atoms with Crippen molar-refractivity contribution in [1.82, 2.24) is 9.88 Å². The van der Waals surface area contributed by atoms with Gasteiger partial charge in [-0.05, 0) is 88.8 Å². The van der Waals surface area contributed by atoms with Crippen LogP contribution in [0.3, 0.4) is 0 Å². The molecule has 0 aliphatic heterocycles. The molecule has 0 spiro atoms. The number of aromatic carboxylic acids is 1. The number of nitrogens with one attached hydrogen (secondary N) is 1. The highest BCUT2D eigenvalue weighted by molar-refractivity contribution is 6.09. The molecule has 0 aliphatic rings. The number of halogens is 4. The van der Waals surface area contributed by atoms with E-state index in [0.29, 0.717) is 38.7 Å². The van der Waals surface area contributed by atoms with Gasteiger partial charge in [0.15, 0.2) is 0 Å². The summed E-state index contributed by atoms with van der Waals surface area (Å²) in [5, 5.41) is 21.9. The molecule has 2 N–H and O–H groups in total. The van der Waals surface area contributed by atoms with Gasteiger partial charge in [0.05, 0.1) is 22.8 Å². The molecule has 0 bridgehead atoms. The number of benzene rings is 4. The maximum absolute atomic E-state index is 14.3. The summed E-state index contributed by atoms with van der Waals surface area (Å²) in [6.45, 7) is 0.0874. The van der Waals surface area contributed by atoms with Crippen molar-refractivity contribution in [3.8, 4) is 17.2 Å². The lowest BCUT2D eigenvalue weighted by Crippen LogP contribution is -2.23. The zero-order valence-electron chi connectivity index (χ0n) is 22.7. The summed E-state index contributed by atoms with van der Waals surface area (Å²) < 4.78 is 55.4. The summed E-state index contributed by atoms with van der Waals surface area (Å²) in [7, 11) is 1.76. The van der Waals surface area contributed by atoms with Crippen molar-refractivity contribution < 1.29 is 32.3 Å². The minimum atomic E-state index is -4.46. The minimum absolute atomic E-state index is 0.0874. The largest absolute Gasteiger partial charge is 0.478 e. The van der Waals surface area contributed by atoms with Crippen molar-refractivity contribution in [2.45, 2.75) is 19.1 Å². The lowest BCUT2D eigenvalue weighted by molar-refractivity contribution is -0.137. The SMILES string of the molecule is Cn1cc(Cc2ccc(C(F)(F)F)cc2)c2c(C(=O)NCc3ccc(C(=O)O)cc3)cc(-c3cc(F)cc(C#N)c3)cc21. The highest BCUT2D eigenvalue weighted by Gasteiger charge is 2.30. The number of carboxylic acid groups (broad SMARTS) is 1. The molecule has 0 atom stereocenters. The fraction of sp³-hybridized carbons (Fsp3) is 0.121. The Balaban J connectivity index is 1.57. The Morgan fingerprint density at radius 3 is 2.21 bits per heavy atom. The van der Waals surface area contributed by atoms with E-state index < -0.39 is 29.4 Å². The average Bonchev–Trinajstić information content (AvgIpc) is 3.29. The Morgan fingerprint density at radius 2 is 1.58 bits per heavy atom. The van der Waals surface area contributed by atoms with E-state index in [0.717, 1.165) is 18.2 Å². The van der Waals surface area contributed by atoms with Gasteiger partial charge in [0.2, 0.25) is 0 Å². The first-order valence-electron chi connectivity index (χ1n) is 13.0. The van der Waals surface area contributed by atoms with Gasteiger partial charge in [-0.25, -0.2) is 9.18 Å². The van der Waals surface area contributed by atoms with Crippen molar-refractivity contribution in [3.63, 3.8) is 0 Å². The number of nitriles is 1. The fourth-order valence-corrected chi connectivity index (χ4v) is 4.99. The monoisotopic (exact) mass is 585 g/mol. The second-order valence-corrected chi connectivity index (χ2v) is 10.1. The number of nitrogens with zero attached hydrogens (tertiary/aromatic N) is 2. The van der Waals surface area contributed by atoms with Gasteiger partial charge in [0, 0.05) is 36.3 Å². The summed E-state index contributed by atoms with van der Waals surface area (Å²) in [6, 6.07) is 20.0. The summed E-state index contributed by atoms with van der Waals surface area (Å²) in [5.74, 6) is -2.15. The quantitative estimate of drug-likeness (QED) is 0.199. The third-order valence-electron chi connectivity index (χ3n) is 7.10. The molecule has 5 aromatic rings. The van der Waals surface area contributed by atoms with Crippen LogP contribution in [0.25, 0.3) is 22.0 Å². The van der Waals surface area contributed by atoms with Gasteiger partial charge in [-0.2, -0.15) is 18.4 Å². The Hall–Kier alpha value is -5.43. The Bertz CT molecular complexity index is 1900. The van der Waals surface area contributed by atoms with E-state index in [4.69, 9.17) is 5.11 Å². The van der Waals surface area contributed by atoms with Gasteiger partial charge in [-0.3, -0.25) is 4.79 Å². The number of amides is 1. The van der Waals surface area contributed by atoms with E-state index in [1.807, 2.05) is 6.07 Å². The predicted octanol–water partition coefficient (Wildman–Crippen LogP) is 7.09. The van der Waals surface area contributed by atoms with E-state index in [-0.39, 0.29) is 29.7 Å². The lowest BCUT2D eigenvalue weighted by Gasteiger charge is -2.12. The van der Waals surface area contributed by atoms with Gasteiger partial charge in [-0.15, -0.1) is 0 Å². The van der Waals surface area contributed by atoms with E-state index in [1.165, 1.54) is 36.4 Å². The molecule has 0 aliphatic carbocycles. The number of aryl methyl sites for hydroxylation is 1. The predicted molar refractivity (Wildman–Crippen MR) is 152 cm³/mol. The van der Waals surface area contributed by atoms with E-state index >= 15 is 0 Å². The molecule has 0 fully saturated rings. The van der Waals surface area contributed by atoms with Crippen LogP contribution < -0.4 is 5.32 Å². The molecule has 0 radical (unpaired) electrons. The van der Waals surface area contributed by atoms with Gasteiger partial charge < -0.3 is 15.0 Å².